The number of nitriles is 1. The van der Waals surface area contributed by atoms with Gasteiger partial charge < -0.3 is 15.3 Å². The zero-order chi connectivity index (χ0) is 19.8. The number of aromatic nitrogens is 2. The van der Waals surface area contributed by atoms with Crippen LogP contribution in [0.2, 0.25) is 0 Å². The number of hydrogen-bond donors (Lipinski definition) is 2. The van der Waals surface area contributed by atoms with Gasteiger partial charge in [-0.15, -0.1) is 10.2 Å². The SMILES string of the molecule is CN(c1ccc(-c2cc(C#N)ccc2O)nn1)C1CC(C)(C)NC(C)(C)C1. The van der Waals surface area contributed by atoms with Gasteiger partial charge in [0.25, 0.3) is 0 Å². The molecule has 1 saturated heterocycles. The van der Waals surface area contributed by atoms with Crippen LogP contribution in [0.25, 0.3) is 11.3 Å². The molecule has 142 valence electrons. The summed E-state index contributed by atoms with van der Waals surface area (Å²) in [7, 11) is 2.06. The van der Waals surface area contributed by atoms with E-state index in [1.807, 2.05) is 12.1 Å². The fourth-order valence-electron chi connectivity index (χ4n) is 4.20. The predicted molar refractivity (Wildman–Crippen MR) is 107 cm³/mol. The quantitative estimate of drug-likeness (QED) is 0.866. The number of rotatable bonds is 3. The van der Waals surface area contributed by atoms with Crippen LogP contribution in [0.3, 0.4) is 0 Å². The van der Waals surface area contributed by atoms with Crippen LogP contribution in [-0.4, -0.2) is 39.5 Å². The Morgan fingerprint density at radius 1 is 1.11 bits per heavy atom. The van der Waals surface area contributed by atoms with Crippen molar-refractivity contribution in [3.05, 3.63) is 35.9 Å². The lowest BCUT2D eigenvalue weighted by atomic mass is 9.79. The minimum absolute atomic E-state index is 0.0531. The van der Waals surface area contributed by atoms with Crippen LogP contribution in [0.5, 0.6) is 5.75 Å². The van der Waals surface area contributed by atoms with Gasteiger partial charge in [0.1, 0.15) is 5.75 Å². The number of aromatic hydroxyl groups is 1. The lowest BCUT2D eigenvalue weighted by molar-refractivity contribution is 0.160. The molecule has 1 fully saturated rings. The van der Waals surface area contributed by atoms with Crippen LogP contribution >= 0.6 is 0 Å². The molecule has 1 aliphatic rings. The molecule has 0 atom stereocenters. The predicted octanol–water partition coefficient (Wildman–Crippen LogP) is 3.47. The number of anilines is 1. The molecule has 2 aromatic rings. The zero-order valence-electron chi connectivity index (χ0n) is 16.6. The molecule has 0 unspecified atom stereocenters. The van der Waals surface area contributed by atoms with Crippen molar-refractivity contribution in [2.24, 2.45) is 0 Å². The van der Waals surface area contributed by atoms with Crippen LogP contribution in [0, 0.1) is 11.3 Å². The van der Waals surface area contributed by atoms with E-state index in [0.717, 1.165) is 18.7 Å². The number of piperidine rings is 1. The van der Waals surface area contributed by atoms with Gasteiger partial charge in [-0.1, -0.05) is 0 Å². The van der Waals surface area contributed by atoms with Crippen molar-refractivity contribution in [2.45, 2.75) is 57.7 Å². The number of hydrogen-bond acceptors (Lipinski definition) is 6. The van der Waals surface area contributed by atoms with E-state index in [-0.39, 0.29) is 16.8 Å². The molecule has 0 radical (unpaired) electrons. The van der Waals surface area contributed by atoms with Crippen molar-refractivity contribution >= 4 is 5.82 Å². The molecule has 0 spiro atoms. The van der Waals surface area contributed by atoms with Crippen LogP contribution in [0.1, 0.15) is 46.1 Å². The third-order valence-corrected chi connectivity index (χ3v) is 5.13. The molecule has 3 rings (SSSR count). The van der Waals surface area contributed by atoms with Crippen LogP contribution < -0.4 is 10.2 Å². The lowest BCUT2D eigenvalue weighted by Crippen LogP contribution is -2.62. The smallest absolute Gasteiger partial charge is 0.151 e. The number of phenolic OH excluding ortho intramolecular Hbond substituents is 1. The first-order valence-electron chi connectivity index (χ1n) is 9.20. The Morgan fingerprint density at radius 3 is 2.33 bits per heavy atom. The van der Waals surface area contributed by atoms with Crippen LogP contribution in [0.4, 0.5) is 5.82 Å². The van der Waals surface area contributed by atoms with E-state index in [1.165, 1.54) is 6.07 Å². The minimum Gasteiger partial charge on any atom is -0.507 e. The second-order valence-electron chi connectivity index (χ2n) is 8.69. The molecule has 1 aromatic heterocycles. The van der Waals surface area contributed by atoms with E-state index in [9.17, 15) is 5.11 Å². The fraction of sp³-hybridized carbons (Fsp3) is 0.476. The standard InChI is InChI=1S/C21H27N5O/c1-20(2)11-15(12-21(3,4)25-20)26(5)19-9-7-17(23-24-19)16-10-14(13-22)6-8-18(16)27/h6-10,15,25,27H,11-12H2,1-5H3. The molecular formula is C21H27N5O. The summed E-state index contributed by atoms with van der Waals surface area (Å²) in [6.07, 6.45) is 2.03. The van der Waals surface area contributed by atoms with E-state index in [2.05, 4.69) is 61.2 Å². The molecule has 2 N–H and O–H groups in total. The summed E-state index contributed by atoms with van der Waals surface area (Å²) in [6.45, 7) is 8.92. The summed E-state index contributed by atoms with van der Waals surface area (Å²) >= 11 is 0. The van der Waals surface area contributed by atoms with Gasteiger partial charge in [0.2, 0.25) is 0 Å². The average Bonchev–Trinajstić information content (AvgIpc) is 2.59. The summed E-state index contributed by atoms with van der Waals surface area (Å²) in [5, 5.41) is 31.5. The van der Waals surface area contributed by atoms with E-state index in [1.54, 1.807) is 12.1 Å². The Labute approximate surface area is 160 Å². The zero-order valence-corrected chi connectivity index (χ0v) is 16.6. The van der Waals surface area contributed by atoms with E-state index in [4.69, 9.17) is 5.26 Å². The van der Waals surface area contributed by atoms with Crippen LogP contribution in [-0.2, 0) is 0 Å². The first-order valence-corrected chi connectivity index (χ1v) is 9.20. The first kappa shape index (κ1) is 19.1. The normalized spacial score (nSPS) is 18.7. The molecule has 0 amide bonds. The summed E-state index contributed by atoms with van der Waals surface area (Å²) < 4.78 is 0. The molecular weight excluding hydrogens is 338 g/mol. The minimum atomic E-state index is 0.0531. The topological polar surface area (TPSA) is 85.1 Å². The molecule has 1 aliphatic heterocycles. The van der Waals surface area contributed by atoms with E-state index >= 15 is 0 Å². The first-order chi connectivity index (χ1) is 12.6. The second kappa shape index (κ2) is 6.82. The highest BCUT2D eigenvalue weighted by atomic mass is 16.3. The van der Waals surface area contributed by atoms with Crippen molar-refractivity contribution in [1.29, 1.82) is 5.26 Å². The molecule has 2 heterocycles. The van der Waals surface area contributed by atoms with Crippen LogP contribution in [0.15, 0.2) is 30.3 Å². The Bertz CT molecular complexity index is 851. The summed E-state index contributed by atoms with van der Waals surface area (Å²) in [5.41, 5.74) is 1.65. The maximum Gasteiger partial charge on any atom is 0.151 e. The third kappa shape index (κ3) is 4.20. The fourth-order valence-corrected chi connectivity index (χ4v) is 4.20. The van der Waals surface area contributed by atoms with Gasteiger partial charge in [0, 0.05) is 29.7 Å². The molecule has 0 aliphatic carbocycles. The molecule has 1 aromatic carbocycles. The molecule has 0 bridgehead atoms. The molecule has 27 heavy (non-hydrogen) atoms. The highest BCUT2D eigenvalue weighted by Gasteiger charge is 2.39. The van der Waals surface area contributed by atoms with Gasteiger partial charge in [-0.25, -0.2) is 0 Å². The van der Waals surface area contributed by atoms with Gasteiger partial charge in [0.15, 0.2) is 5.82 Å². The highest BCUT2D eigenvalue weighted by molar-refractivity contribution is 5.68. The van der Waals surface area contributed by atoms with Crippen molar-refractivity contribution in [3.8, 4) is 23.1 Å². The van der Waals surface area contributed by atoms with E-state index in [0.29, 0.717) is 22.9 Å². The molecule has 6 heteroatoms. The van der Waals surface area contributed by atoms with Gasteiger partial charge in [0.05, 0.1) is 17.3 Å². The number of benzene rings is 1. The largest absolute Gasteiger partial charge is 0.507 e. The van der Waals surface area contributed by atoms with Crippen molar-refractivity contribution in [3.63, 3.8) is 0 Å². The van der Waals surface area contributed by atoms with Crippen molar-refractivity contribution in [1.82, 2.24) is 15.5 Å². The Balaban J connectivity index is 1.84. The maximum atomic E-state index is 10.1. The number of nitrogens with zero attached hydrogens (tertiary/aromatic N) is 4. The number of phenols is 1. The lowest BCUT2D eigenvalue weighted by Gasteiger charge is -2.49. The molecule has 6 nitrogen and oxygen atoms in total. The van der Waals surface area contributed by atoms with Gasteiger partial charge in [-0.05, 0) is 70.9 Å². The number of nitrogens with one attached hydrogen (secondary N) is 1. The average molecular weight is 365 g/mol. The van der Waals surface area contributed by atoms with Gasteiger partial charge in [-0.3, -0.25) is 0 Å². The highest BCUT2D eigenvalue weighted by Crippen LogP contribution is 2.33. The van der Waals surface area contributed by atoms with Gasteiger partial charge >= 0.3 is 0 Å². The van der Waals surface area contributed by atoms with Gasteiger partial charge in [-0.2, -0.15) is 5.26 Å². The summed E-state index contributed by atoms with van der Waals surface area (Å²) in [6, 6.07) is 10.9. The Hall–Kier alpha value is -2.65. The Kier molecular flexibility index (Phi) is 4.83. The molecule has 0 saturated carbocycles. The van der Waals surface area contributed by atoms with Crippen molar-refractivity contribution in [2.75, 3.05) is 11.9 Å². The summed E-state index contributed by atoms with van der Waals surface area (Å²) in [4.78, 5) is 2.19. The van der Waals surface area contributed by atoms with Crippen molar-refractivity contribution < 1.29 is 5.11 Å². The Morgan fingerprint density at radius 2 is 1.78 bits per heavy atom. The monoisotopic (exact) mass is 365 g/mol. The maximum absolute atomic E-state index is 10.1. The second-order valence-corrected chi connectivity index (χ2v) is 8.69. The van der Waals surface area contributed by atoms with E-state index < -0.39 is 0 Å². The third-order valence-electron chi connectivity index (χ3n) is 5.13. The summed E-state index contributed by atoms with van der Waals surface area (Å²) in [5.74, 6) is 0.888.